The van der Waals surface area contributed by atoms with Crippen molar-refractivity contribution in [1.29, 1.82) is 0 Å². The number of anilines is 6. The van der Waals surface area contributed by atoms with Crippen molar-refractivity contribution in [2.75, 3.05) is 9.80 Å². The summed E-state index contributed by atoms with van der Waals surface area (Å²) in [5.74, 6) is 0. The molecule has 56 heavy (non-hydrogen) atoms. The van der Waals surface area contributed by atoms with Crippen LogP contribution in [0, 0.1) is 0 Å². The summed E-state index contributed by atoms with van der Waals surface area (Å²) in [4.78, 5) is 5.28. The Morgan fingerprint density at radius 1 is 0.375 bits per heavy atom. The van der Waals surface area contributed by atoms with Crippen LogP contribution in [0.4, 0.5) is 34.1 Å². The lowest BCUT2D eigenvalue weighted by Gasteiger charge is -2.45. The molecular formula is C53H43BN2. The number of hydrogen-bond acceptors (Lipinski definition) is 2. The number of rotatable bonds is 2. The molecule has 0 aromatic heterocycles. The van der Waals surface area contributed by atoms with E-state index in [0.29, 0.717) is 0 Å². The van der Waals surface area contributed by atoms with Crippen LogP contribution in [0.15, 0.2) is 152 Å². The van der Waals surface area contributed by atoms with Crippen molar-refractivity contribution in [2.24, 2.45) is 0 Å². The Balaban J connectivity index is 1.05. The molecule has 2 heterocycles. The highest BCUT2D eigenvalue weighted by Gasteiger charge is 2.50. The van der Waals surface area contributed by atoms with Crippen LogP contribution < -0.4 is 26.2 Å². The molecule has 0 amide bonds. The molecule has 13 rings (SSSR count). The van der Waals surface area contributed by atoms with E-state index in [2.05, 4.69) is 161 Å². The lowest BCUT2D eigenvalue weighted by atomic mass is 9.33. The van der Waals surface area contributed by atoms with Crippen LogP contribution in [0.25, 0.3) is 22.3 Å². The first kappa shape index (κ1) is 31.4. The second-order valence-electron chi connectivity index (χ2n) is 17.4. The Labute approximate surface area is 330 Å². The Kier molecular flexibility index (Phi) is 6.39. The van der Waals surface area contributed by atoms with Crippen LogP contribution in [-0.4, -0.2) is 6.71 Å². The maximum absolute atomic E-state index is 2.66. The molecule has 3 heteroatoms. The number of benzene rings is 7. The maximum atomic E-state index is 2.66. The zero-order valence-electron chi connectivity index (χ0n) is 31.8. The standard InChI is InChI=1S/C53H43BN2/c1-10-30-52(31-11-1)40-19-4-2-16-36(40)38-29-28-35(34-42(38)52)55-45-23-8-6-21-43(45)54-44-22-7-9-24-46(44)56(49-27-15-26-48(55)51(49)54)47-25-14-18-39-37-17-3-5-20-41(37)53(50(39)47)32-12-13-33-53/h2-9,14-29,34H,1,10-13,30-33H2. The quantitative estimate of drug-likeness (QED) is 0.164. The normalized spacial score (nSPS) is 18.2. The van der Waals surface area contributed by atoms with Gasteiger partial charge in [0.25, 0.3) is 6.71 Å². The number of nitrogens with zero attached hydrogens (tertiary/aromatic N) is 2. The molecule has 0 unspecified atom stereocenters. The molecule has 4 aliphatic carbocycles. The molecule has 0 bridgehead atoms. The van der Waals surface area contributed by atoms with E-state index in [1.165, 1.54) is 147 Å². The second-order valence-corrected chi connectivity index (χ2v) is 17.4. The predicted molar refractivity (Wildman–Crippen MR) is 234 cm³/mol. The number of para-hydroxylation sites is 2. The summed E-state index contributed by atoms with van der Waals surface area (Å²) in [6.07, 6.45) is 11.4. The van der Waals surface area contributed by atoms with E-state index in [1.807, 2.05) is 0 Å². The summed E-state index contributed by atoms with van der Waals surface area (Å²) < 4.78 is 0. The number of hydrogen-bond donors (Lipinski definition) is 0. The van der Waals surface area contributed by atoms with Gasteiger partial charge in [-0.05, 0) is 129 Å². The third kappa shape index (κ3) is 3.89. The minimum Gasteiger partial charge on any atom is -0.311 e. The Morgan fingerprint density at radius 2 is 0.875 bits per heavy atom. The van der Waals surface area contributed by atoms with E-state index in [0.717, 1.165) is 0 Å². The molecule has 2 nitrogen and oxygen atoms in total. The van der Waals surface area contributed by atoms with Gasteiger partial charge in [-0.2, -0.15) is 0 Å². The molecule has 268 valence electrons. The van der Waals surface area contributed by atoms with E-state index in [4.69, 9.17) is 0 Å². The smallest absolute Gasteiger partial charge is 0.252 e. The van der Waals surface area contributed by atoms with Crippen molar-refractivity contribution in [1.82, 2.24) is 0 Å². The third-order valence-electron chi connectivity index (χ3n) is 15.0. The summed E-state index contributed by atoms with van der Waals surface area (Å²) in [5.41, 5.74) is 24.0. The molecule has 2 saturated carbocycles. The summed E-state index contributed by atoms with van der Waals surface area (Å²) >= 11 is 0. The molecule has 7 aromatic rings. The molecule has 0 radical (unpaired) electrons. The molecule has 0 atom stereocenters. The van der Waals surface area contributed by atoms with Crippen LogP contribution in [0.3, 0.4) is 0 Å². The summed E-state index contributed by atoms with van der Waals surface area (Å²) in [6, 6.07) is 58.8. The fraction of sp³-hybridized carbons (Fsp3) is 0.208. The largest absolute Gasteiger partial charge is 0.311 e. The first-order valence-electron chi connectivity index (χ1n) is 21.2. The van der Waals surface area contributed by atoms with E-state index in [9.17, 15) is 0 Å². The van der Waals surface area contributed by atoms with Crippen molar-refractivity contribution in [2.45, 2.75) is 68.6 Å². The van der Waals surface area contributed by atoms with Crippen molar-refractivity contribution < 1.29 is 0 Å². The molecule has 0 saturated heterocycles. The Hall–Kier alpha value is -5.80. The van der Waals surface area contributed by atoms with E-state index < -0.39 is 0 Å². The third-order valence-corrected chi connectivity index (χ3v) is 15.0. The van der Waals surface area contributed by atoms with Gasteiger partial charge in [0, 0.05) is 39.3 Å². The van der Waals surface area contributed by atoms with Crippen LogP contribution in [-0.2, 0) is 10.8 Å². The Morgan fingerprint density at radius 3 is 1.62 bits per heavy atom. The van der Waals surface area contributed by atoms with Gasteiger partial charge in [0.05, 0.1) is 5.69 Å². The molecule has 0 N–H and O–H groups in total. The predicted octanol–water partition coefficient (Wildman–Crippen LogP) is 11.8. The van der Waals surface area contributed by atoms with Crippen molar-refractivity contribution >= 4 is 57.2 Å². The van der Waals surface area contributed by atoms with Gasteiger partial charge in [-0.15, -0.1) is 0 Å². The van der Waals surface area contributed by atoms with Crippen molar-refractivity contribution in [3.05, 3.63) is 174 Å². The molecular weight excluding hydrogens is 675 g/mol. The van der Waals surface area contributed by atoms with Gasteiger partial charge in [0.1, 0.15) is 0 Å². The topological polar surface area (TPSA) is 6.48 Å². The van der Waals surface area contributed by atoms with Crippen LogP contribution in [0.5, 0.6) is 0 Å². The summed E-state index contributed by atoms with van der Waals surface area (Å²) in [7, 11) is 0. The zero-order valence-corrected chi connectivity index (χ0v) is 31.8. The molecule has 2 fully saturated rings. The van der Waals surface area contributed by atoms with E-state index in [-0.39, 0.29) is 17.5 Å². The van der Waals surface area contributed by atoms with E-state index in [1.54, 1.807) is 5.56 Å². The van der Waals surface area contributed by atoms with Crippen molar-refractivity contribution in [3.8, 4) is 22.3 Å². The molecule has 7 aromatic carbocycles. The van der Waals surface area contributed by atoms with Gasteiger partial charge in [-0.3, -0.25) is 0 Å². The highest BCUT2D eigenvalue weighted by atomic mass is 15.2. The SMILES string of the molecule is c1ccc2c(c1)B1c3ccccc3N(c3cccc4c3C3(CCCC3)c3ccccc3-4)c3cccc(c31)N2c1ccc2c(c1)C1(CCCCC1)c1ccccc1-2. The van der Waals surface area contributed by atoms with E-state index >= 15 is 0 Å². The number of fused-ring (bicyclic) bond motifs is 14. The molecule has 2 spiro atoms. The summed E-state index contributed by atoms with van der Waals surface area (Å²) in [6.45, 7) is 0.138. The van der Waals surface area contributed by atoms with Gasteiger partial charge in [-0.1, -0.05) is 141 Å². The maximum Gasteiger partial charge on any atom is 0.252 e. The van der Waals surface area contributed by atoms with Crippen LogP contribution in [0.2, 0.25) is 0 Å². The first-order valence-corrected chi connectivity index (χ1v) is 21.2. The van der Waals surface area contributed by atoms with Crippen LogP contribution >= 0.6 is 0 Å². The minimum atomic E-state index is 0.0544. The highest BCUT2D eigenvalue weighted by molar-refractivity contribution is 7.00. The average Bonchev–Trinajstić information content (AvgIpc) is 3.94. The van der Waals surface area contributed by atoms with Gasteiger partial charge < -0.3 is 9.80 Å². The highest BCUT2D eigenvalue weighted by Crippen LogP contribution is 2.61. The van der Waals surface area contributed by atoms with Gasteiger partial charge in [0.2, 0.25) is 0 Å². The Bertz CT molecular complexity index is 2780. The summed E-state index contributed by atoms with van der Waals surface area (Å²) in [5, 5.41) is 0. The monoisotopic (exact) mass is 718 g/mol. The first-order chi connectivity index (χ1) is 27.8. The van der Waals surface area contributed by atoms with Gasteiger partial charge >= 0.3 is 0 Å². The zero-order chi connectivity index (χ0) is 36.6. The fourth-order valence-corrected chi connectivity index (χ4v) is 12.9. The average molecular weight is 719 g/mol. The lowest BCUT2D eigenvalue weighted by Crippen LogP contribution is -2.61. The fourth-order valence-electron chi connectivity index (χ4n) is 12.9. The molecule has 2 aliphatic heterocycles. The van der Waals surface area contributed by atoms with Crippen LogP contribution in [0.1, 0.15) is 80.0 Å². The minimum absolute atomic E-state index is 0.0544. The second kappa shape index (κ2) is 11.4. The van der Waals surface area contributed by atoms with Crippen molar-refractivity contribution in [3.63, 3.8) is 0 Å². The van der Waals surface area contributed by atoms with Gasteiger partial charge in [-0.25, -0.2) is 0 Å². The molecule has 6 aliphatic rings. The van der Waals surface area contributed by atoms with Gasteiger partial charge in [0.15, 0.2) is 0 Å². The lowest BCUT2D eigenvalue weighted by molar-refractivity contribution is 0.353.